The molecule has 0 aromatic carbocycles. The highest BCUT2D eigenvalue weighted by Crippen LogP contribution is 2.32. The second-order valence-corrected chi connectivity index (χ2v) is 7.55. The number of aryl methyl sites for hydroxylation is 1. The summed E-state index contributed by atoms with van der Waals surface area (Å²) >= 11 is 2.99. The Balaban J connectivity index is 1.84. The maximum Gasteiger partial charge on any atom is 0.350 e. The van der Waals surface area contributed by atoms with Crippen LogP contribution >= 0.6 is 22.7 Å². The summed E-state index contributed by atoms with van der Waals surface area (Å²) in [5, 5.41) is 4.87. The van der Waals surface area contributed by atoms with Crippen molar-refractivity contribution in [1.29, 1.82) is 0 Å². The van der Waals surface area contributed by atoms with Gasteiger partial charge in [0.25, 0.3) is 0 Å². The van der Waals surface area contributed by atoms with E-state index >= 15 is 0 Å². The van der Waals surface area contributed by atoms with Crippen molar-refractivity contribution in [1.82, 2.24) is 9.97 Å². The molecule has 0 amide bonds. The van der Waals surface area contributed by atoms with E-state index < -0.39 is 0 Å². The lowest BCUT2D eigenvalue weighted by atomic mass is 10.0. The van der Waals surface area contributed by atoms with Gasteiger partial charge >= 0.3 is 5.97 Å². The van der Waals surface area contributed by atoms with Crippen molar-refractivity contribution in [2.24, 2.45) is 5.92 Å². The Kier molecular flexibility index (Phi) is 5.06. The molecule has 3 heterocycles. The molecule has 0 spiro atoms. The van der Waals surface area contributed by atoms with Crippen molar-refractivity contribution in [3.63, 3.8) is 0 Å². The third kappa shape index (κ3) is 3.55. The largest absolute Gasteiger partial charge is 0.451 e. The lowest BCUT2D eigenvalue weighted by Gasteiger charge is -2.20. The molecule has 0 saturated carbocycles. The maximum absolute atomic E-state index is 12.7. The Hall–Kier alpha value is -2.05. The minimum absolute atomic E-state index is 0.133. The van der Waals surface area contributed by atoms with Gasteiger partial charge in [-0.15, -0.1) is 11.3 Å². The van der Waals surface area contributed by atoms with Crippen LogP contribution in [0, 0.1) is 12.8 Å². The normalized spacial score (nSPS) is 12.3. The average molecular weight is 358 g/mol. The van der Waals surface area contributed by atoms with E-state index in [1.165, 1.54) is 11.3 Å². The number of thiazole rings is 1. The minimum Gasteiger partial charge on any atom is -0.451 e. The van der Waals surface area contributed by atoms with Gasteiger partial charge in [-0.2, -0.15) is 11.3 Å². The summed E-state index contributed by atoms with van der Waals surface area (Å²) in [5.41, 5.74) is 2.51. The fourth-order valence-corrected chi connectivity index (χ4v) is 4.01. The van der Waals surface area contributed by atoms with Gasteiger partial charge in [-0.05, 0) is 36.4 Å². The molecule has 0 radical (unpaired) electrons. The second kappa shape index (κ2) is 7.23. The molecule has 3 aromatic rings. The molecule has 3 rings (SSSR count). The molecule has 24 heavy (non-hydrogen) atoms. The fourth-order valence-electron chi connectivity index (χ4n) is 2.35. The standard InChI is InChI=1S/C18H18N2O2S2/c1-11(2)15(14-6-4-5-8-19-14)22-18(21)16-12(3)20-17(24-16)13-7-9-23-10-13/h4-11,15H,1-3H3. The smallest absolute Gasteiger partial charge is 0.350 e. The van der Waals surface area contributed by atoms with Gasteiger partial charge in [0.05, 0.1) is 11.4 Å². The van der Waals surface area contributed by atoms with E-state index in [0.717, 1.165) is 16.3 Å². The number of nitrogens with zero attached hydrogens (tertiary/aromatic N) is 2. The van der Waals surface area contributed by atoms with E-state index in [1.54, 1.807) is 17.5 Å². The van der Waals surface area contributed by atoms with Gasteiger partial charge in [0.15, 0.2) is 0 Å². The molecular weight excluding hydrogens is 340 g/mol. The first-order valence-corrected chi connectivity index (χ1v) is 9.44. The average Bonchev–Trinajstić information content (AvgIpc) is 3.22. The maximum atomic E-state index is 12.7. The third-order valence-electron chi connectivity index (χ3n) is 3.57. The van der Waals surface area contributed by atoms with E-state index in [4.69, 9.17) is 4.74 Å². The Morgan fingerprint density at radius 2 is 2.08 bits per heavy atom. The molecule has 6 heteroatoms. The predicted octanol–water partition coefficient (Wildman–Crippen LogP) is 5.13. The number of esters is 1. The van der Waals surface area contributed by atoms with Crippen LogP contribution in [0.3, 0.4) is 0 Å². The van der Waals surface area contributed by atoms with Crippen LogP contribution in [-0.4, -0.2) is 15.9 Å². The van der Waals surface area contributed by atoms with Gasteiger partial charge in [0.2, 0.25) is 0 Å². The summed E-state index contributed by atoms with van der Waals surface area (Å²) in [4.78, 5) is 22.0. The zero-order valence-electron chi connectivity index (χ0n) is 13.7. The Bertz CT molecular complexity index is 811. The van der Waals surface area contributed by atoms with Crippen molar-refractivity contribution in [2.45, 2.75) is 26.9 Å². The Morgan fingerprint density at radius 3 is 2.71 bits per heavy atom. The van der Waals surface area contributed by atoms with Crippen LogP contribution in [0.25, 0.3) is 10.6 Å². The zero-order chi connectivity index (χ0) is 17.1. The van der Waals surface area contributed by atoms with Crippen LogP contribution < -0.4 is 0 Å². The molecule has 0 bridgehead atoms. The number of hydrogen-bond acceptors (Lipinski definition) is 6. The first-order chi connectivity index (χ1) is 11.6. The summed E-state index contributed by atoms with van der Waals surface area (Å²) in [5.74, 6) is -0.204. The highest BCUT2D eigenvalue weighted by Gasteiger charge is 2.25. The molecule has 3 aromatic heterocycles. The molecule has 124 valence electrons. The summed E-state index contributed by atoms with van der Waals surface area (Å²) in [6.07, 6.45) is 1.34. The Labute approximate surface area is 149 Å². The summed E-state index contributed by atoms with van der Waals surface area (Å²) in [7, 11) is 0. The number of carbonyl (C=O) groups excluding carboxylic acids is 1. The van der Waals surface area contributed by atoms with Crippen molar-refractivity contribution in [3.05, 3.63) is 57.5 Å². The molecular formula is C18H18N2O2S2. The van der Waals surface area contributed by atoms with Crippen molar-refractivity contribution in [2.75, 3.05) is 0 Å². The van der Waals surface area contributed by atoms with Gasteiger partial charge in [0, 0.05) is 17.1 Å². The zero-order valence-corrected chi connectivity index (χ0v) is 15.4. The quantitative estimate of drug-likeness (QED) is 0.593. The molecule has 1 unspecified atom stereocenters. The summed E-state index contributed by atoms with van der Waals surface area (Å²) in [6.45, 7) is 5.87. The number of carbonyl (C=O) groups is 1. The molecule has 4 nitrogen and oxygen atoms in total. The number of thiophene rings is 1. The SMILES string of the molecule is Cc1nc(-c2ccsc2)sc1C(=O)OC(c1ccccn1)C(C)C. The lowest BCUT2D eigenvalue weighted by Crippen LogP contribution is -2.17. The third-order valence-corrected chi connectivity index (χ3v) is 5.44. The van der Waals surface area contributed by atoms with Crippen LogP contribution in [0.15, 0.2) is 41.2 Å². The van der Waals surface area contributed by atoms with E-state index in [9.17, 15) is 4.79 Å². The van der Waals surface area contributed by atoms with Crippen molar-refractivity contribution >= 4 is 28.6 Å². The minimum atomic E-state index is -0.371. The molecule has 0 fully saturated rings. The number of rotatable bonds is 5. The number of aromatic nitrogens is 2. The van der Waals surface area contributed by atoms with E-state index in [2.05, 4.69) is 9.97 Å². The highest BCUT2D eigenvalue weighted by molar-refractivity contribution is 7.17. The van der Waals surface area contributed by atoms with Crippen LogP contribution in [-0.2, 0) is 4.74 Å². The van der Waals surface area contributed by atoms with E-state index in [0.29, 0.717) is 10.6 Å². The Morgan fingerprint density at radius 1 is 1.25 bits per heavy atom. The first kappa shape index (κ1) is 16.8. The van der Waals surface area contributed by atoms with Crippen molar-refractivity contribution in [3.8, 4) is 10.6 Å². The van der Waals surface area contributed by atoms with Crippen LogP contribution in [0.4, 0.5) is 0 Å². The van der Waals surface area contributed by atoms with Crippen molar-refractivity contribution < 1.29 is 9.53 Å². The van der Waals surface area contributed by atoms with Gasteiger partial charge in [-0.1, -0.05) is 19.9 Å². The van der Waals surface area contributed by atoms with Gasteiger partial charge in [0.1, 0.15) is 16.0 Å². The van der Waals surface area contributed by atoms with E-state index in [1.807, 2.05) is 55.8 Å². The number of hydrogen-bond donors (Lipinski definition) is 0. The van der Waals surface area contributed by atoms with Gasteiger partial charge in [-0.3, -0.25) is 4.98 Å². The number of ether oxygens (including phenoxy) is 1. The molecule has 0 aliphatic heterocycles. The molecule has 1 atom stereocenters. The van der Waals surface area contributed by atoms with Gasteiger partial charge in [-0.25, -0.2) is 9.78 Å². The van der Waals surface area contributed by atoms with E-state index in [-0.39, 0.29) is 18.0 Å². The van der Waals surface area contributed by atoms with Crippen LogP contribution in [0.2, 0.25) is 0 Å². The monoisotopic (exact) mass is 358 g/mol. The molecule has 0 N–H and O–H groups in total. The predicted molar refractivity (Wildman–Crippen MR) is 97.4 cm³/mol. The molecule has 0 aliphatic carbocycles. The van der Waals surface area contributed by atoms with Gasteiger partial charge < -0.3 is 4.74 Å². The first-order valence-electron chi connectivity index (χ1n) is 7.68. The topological polar surface area (TPSA) is 52.1 Å². The summed E-state index contributed by atoms with van der Waals surface area (Å²) in [6, 6.07) is 7.64. The summed E-state index contributed by atoms with van der Waals surface area (Å²) < 4.78 is 5.77. The van der Waals surface area contributed by atoms with Crippen LogP contribution in [0.1, 0.15) is 41.0 Å². The fraction of sp³-hybridized carbons (Fsp3) is 0.278. The second-order valence-electron chi connectivity index (χ2n) is 5.77. The molecule has 0 aliphatic rings. The number of pyridine rings is 1. The lowest BCUT2D eigenvalue weighted by molar-refractivity contribution is 0.0168. The van der Waals surface area contributed by atoms with Crippen LogP contribution in [0.5, 0.6) is 0 Å². The highest BCUT2D eigenvalue weighted by atomic mass is 32.1. The molecule has 0 saturated heterocycles.